The zero-order valence-electron chi connectivity index (χ0n) is 13.7. The predicted octanol–water partition coefficient (Wildman–Crippen LogP) is 4.59. The van der Waals surface area contributed by atoms with Gasteiger partial charge < -0.3 is 10.1 Å². The standard InChI is InChI=1S/C20H21NO3/c1-2-3-4-8-11-19(22)24-18-14-12-17(13-15-18)21-20(23)16-9-6-5-7-10-16/h2-3,5-7,9-10,12-15H,4,8,11H2,1H3,(H,21,23)/b3-2-. The summed E-state index contributed by atoms with van der Waals surface area (Å²) in [6.45, 7) is 1.95. The van der Waals surface area contributed by atoms with Gasteiger partial charge in [0.25, 0.3) is 5.91 Å². The highest BCUT2D eigenvalue weighted by Gasteiger charge is 2.07. The van der Waals surface area contributed by atoms with Gasteiger partial charge in [-0.05, 0) is 56.2 Å². The predicted molar refractivity (Wildman–Crippen MR) is 95.1 cm³/mol. The molecule has 0 radical (unpaired) electrons. The summed E-state index contributed by atoms with van der Waals surface area (Å²) in [5.74, 6) is 0.0497. The highest BCUT2D eigenvalue weighted by Crippen LogP contribution is 2.17. The van der Waals surface area contributed by atoms with Crippen molar-refractivity contribution >= 4 is 17.6 Å². The molecule has 4 nitrogen and oxygen atoms in total. The molecule has 0 fully saturated rings. The van der Waals surface area contributed by atoms with Gasteiger partial charge in [0.1, 0.15) is 5.75 Å². The molecule has 0 saturated carbocycles. The quantitative estimate of drug-likeness (QED) is 0.351. The SMILES string of the molecule is C/C=C\CCCC(=O)Oc1ccc(NC(=O)c2ccccc2)cc1. The van der Waals surface area contributed by atoms with Crippen LogP contribution in [0.2, 0.25) is 0 Å². The summed E-state index contributed by atoms with van der Waals surface area (Å²) in [6, 6.07) is 15.7. The third-order valence-electron chi connectivity index (χ3n) is 3.37. The maximum atomic E-state index is 12.0. The summed E-state index contributed by atoms with van der Waals surface area (Å²) in [5.41, 5.74) is 1.24. The van der Waals surface area contributed by atoms with Crippen molar-refractivity contribution in [1.82, 2.24) is 0 Å². The minimum atomic E-state index is -0.249. The molecule has 0 aliphatic carbocycles. The summed E-state index contributed by atoms with van der Waals surface area (Å²) < 4.78 is 5.26. The Morgan fingerprint density at radius 3 is 2.42 bits per heavy atom. The van der Waals surface area contributed by atoms with Crippen LogP contribution in [0.1, 0.15) is 36.5 Å². The van der Waals surface area contributed by atoms with Crippen molar-refractivity contribution in [1.29, 1.82) is 0 Å². The van der Waals surface area contributed by atoms with Crippen LogP contribution in [0.15, 0.2) is 66.7 Å². The number of allylic oxidation sites excluding steroid dienone is 2. The number of amides is 1. The van der Waals surface area contributed by atoms with E-state index in [2.05, 4.69) is 5.32 Å². The van der Waals surface area contributed by atoms with Gasteiger partial charge in [-0.15, -0.1) is 0 Å². The number of unbranched alkanes of at least 4 members (excludes halogenated alkanes) is 1. The first-order valence-corrected chi connectivity index (χ1v) is 7.97. The molecule has 0 aromatic heterocycles. The van der Waals surface area contributed by atoms with Gasteiger partial charge in [0.15, 0.2) is 0 Å². The number of hydrogen-bond donors (Lipinski definition) is 1. The van der Waals surface area contributed by atoms with Crippen molar-refractivity contribution in [2.75, 3.05) is 5.32 Å². The number of benzene rings is 2. The molecule has 0 bridgehead atoms. The minimum absolute atomic E-state index is 0.177. The molecule has 0 aliphatic heterocycles. The van der Waals surface area contributed by atoms with Crippen molar-refractivity contribution in [3.05, 3.63) is 72.3 Å². The number of carbonyl (C=O) groups is 2. The van der Waals surface area contributed by atoms with Gasteiger partial charge in [-0.2, -0.15) is 0 Å². The number of anilines is 1. The molecule has 2 aromatic rings. The van der Waals surface area contributed by atoms with Crippen molar-refractivity contribution in [3.63, 3.8) is 0 Å². The van der Waals surface area contributed by atoms with E-state index < -0.39 is 0 Å². The Morgan fingerprint density at radius 1 is 1.04 bits per heavy atom. The smallest absolute Gasteiger partial charge is 0.311 e. The Kier molecular flexibility index (Phi) is 6.77. The van der Waals surface area contributed by atoms with Gasteiger partial charge in [-0.3, -0.25) is 9.59 Å². The van der Waals surface area contributed by atoms with Gasteiger partial charge in [-0.25, -0.2) is 0 Å². The zero-order valence-corrected chi connectivity index (χ0v) is 13.7. The Morgan fingerprint density at radius 2 is 1.75 bits per heavy atom. The second kappa shape index (κ2) is 9.30. The summed E-state index contributed by atoms with van der Waals surface area (Å²) in [5, 5.41) is 2.80. The Hall–Kier alpha value is -2.88. The molecule has 2 rings (SSSR count). The number of hydrogen-bond acceptors (Lipinski definition) is 3. The number of carbonyl (C=O) groups excluding carboxylic acids is 2. The number of nitrogens with one attached hydrogen (secondary N) is 1. The maximum absolute atomic E-state index is 12.0. The van der Waals surface area contributed by atoms with E-state index in [9.17, 15) is 9.59 Å². The first kappa shape index (κ1) is 17.5. The van der Waals surface area contributed by atoms with Crippen LogP contribution in [0.5, 0.6) is 5.75 Å². The fraction of sp³-hybridized carbons (Fsp3) is 0.200. The number of ether oxygens (including phenoxy) is 1. The van der Waals surface area contributed by atoms with Crippen LogP contribution in [-0.2, 0) is 4.79 Å². The van der Waals surface area contributed by atoms with Crippen molar-refractivity contribution in [2.24, 2.45) is 0 Å². The lowest BCUT2D eigenvalue weighted by Crippen LogP contribution is -2.11. The van der Waals surface area contributed by atoms with E-state index in [1.807, 2.05) is 37.3 Å². The number of esters is 1. The van der Waals surface area contributed by atoms with E-state index in [0.717, 1.165) is 12.8 Å². The van der Waals surface area contributed by atoms with Crippen LogP contribution in [0, 0.1) is 0 Å². The second-order valence-corrected chi connectivity index (χ2v) is 5.28. The summed E-state index contributed by atoms with van der Waals surface area (Å²) >= 11 is 0. The van der Waals surface area contributed by atoms with Crippen molar-refractivity contribution < 1.29 is 14.3 Å². The fourth-order valence-corrected chi connectivity index (χ4v) is 2.11. The normalized spacial score (nSPS) is 10.5. The molecular weight excluding hydrogens is 302 g/mol. The average molecular weight is 323 g/mol. The van der Waals surface area contributed by atoms with E-state index in [-0.39, 0.29) is 11.9 Å². The van der Waals surface area contributed by atoms with Crippen molar-refractivity contribution in [3.8, 4) is 5.75 Å². The summed E-state index contributed by atoms with van der Waals surface area (Å²) in [6.07, 6.45) is 6.02. The van der Waals surface area contributed by atoms with Crippen LogP contribution < -0.4 is 10.1 Å². The Balaban J connectivity index is 1.84. The molecule has 1 N–H and O–H groups in total. The zero-order chi connectivity index (χ0) is 17.2. The van der Waals surface area contributed by atoms with Gasteiger partial charge in [0.2, 0.25) is 0 Å². The van der Waals surface area contributed by atoms with Crippen LogP contribution in [-0.4, -0.2) is 11.9 Å². The third-order valence-corrected chi connectivity index (χ3v) is 3.37. The monoisotopic (exact) mass is 323 g/mol. The fourth-order valence-electron chi connectivity index (χ4n) is 2.11. The largest absolute Gasteiger partial charge is 0.427 e. The van der Waals surface area contributed by atoms with Gasteiger partial charge >= 0.3 is 5.97 Å². The van der Waals surface area contributed by atoms with E-state index in [4.69, 9.17) is 4.74 Å². The maximum Gasteiger partial charge on any atom is 0.311 e. The topological polar surface area (TPSA) is 55.4 Å². The molecule has 4 heteroatoms. The van der Waals surface area contributed by atoms with E-state index in [1.165, 1.54) is 0 Å². The number of rotatable bonds is 7. The first-order valence-electron chi connectivity index (χ1n) is 7.97. The Labute approximate surface area is 142 Å². The van der Waals surface area contributed by atoms with Gasteiger partial charge in [-0.1, -0.05) is 30.4 Å². The minimum Gasteiger partial charge on any atom is -0.427 e. The van der Waals surface area contributed by atoms with E-state index in [1.54, 1.807) is 36.4 Å². The van der Waals surface area contributed by atoms with Crippen LogP contribution in [0.3, 0.4) is 0 Å². The molecule has 24 heavy (non-hydrogen) atoms. The Bertz CT molecular complexity index is 691. The van der Waals surface area contributed by atoms with Crippen molar-refractivity contribution in [2.45, 2.75) is 26.2 Å². The summed E-state index contributed by atoms with van der Waals surface area (Å²) in [4.78, 5) is 23.8. The molecule has 1 amide bonds. The average Bonchev–Trinajstić information content (AvgIpc) is 2.61. The molecule has 0 atom stereocenters. The van der Waals surface area contributed by atoms with E-state index >= 15 is 0 Å². The molecule has 0 aliphatic rings. The lowest BCUT2D eigenvalue weighted by Gasteiger charge is -2.07. The summed E-state index contributed by atoms with van der Waals surface area (Å²) in [7, 11) is 0. The third kappa shape index (κ3) is 5.72. The van der Waals surface area contributed by atoms with Crippen LogP contribution in [0.4, 0.5) is 5.69 Å². The molecular formula is C20H21NO3. The van der Waals surface area contributed by atoms with Gasteiger partial charge in [0.05, 0.1) is 0 Å². The molecule has 2 aromatic carbocycles. The highest BCUT2D eigenvalue weighted by atomic mass is 16.5. The van der Waals surface area contributed by atoms with Gasteiger partial charge in [0, 0.05) is 17.7 Å². The molecule has 124 valence electrons. The van der Waals surface area contributed by atoms with E-state index in [0.29, 0.717) is 23.4 Å². The first-order chi connectivity index (χ1) is 11.7. The molecule has 0 heterocycles. The molecule has 0 saturated heterocycles. The second-order valence-electron chi connectivity index (χ2n) is 5.28. The highest BCUT2D eigenvalue weighted by molar-refractivity contribution is 6.04. The lowest BCUT2D eigenvalue weighted by molar-refractivity contribution is -0.134. The molecule has 0 unspecified atom stereocenters. The van der Waals surface area contributed by atoms with Crippen LogP contribution in [0.25, 0.3) is 0 Å². The lowest BCUT2D eigenvalue weighted by atomic mass is 10.2. The molecule has 0 spiro atoms. The van der Waals surface area contributed by atoms with Crippen LogP contribution >= 0.6 is 0 Å².